The second kappa shape index (κ2) is 6.16. The maximum atomic E-state index is 12.7. The summed E-state index contributed by atoms with van der Waals surface area (Å²) in [5, 5.41) is 0. The van der Waals surface area contributed by atoms with Gasteiger partial charge >= 0.3 is 0 Å². The third-order valence-corrected chi connectivity index (χ3v) is 4.91. The molecule has 3 heteroatoms. The zero-order valence-corrected chi connectivity index (χ0v) is 11.9. The molecular weight excluding hydrogens is 226 g/mol. The molecule has 0 radical (unpaired) electrons. The lowest BCUT2D eigenvalue weighted by atomic mass is 9.83. The van der Waals surface area contributed by atoms with Crippen LogP contribution in [0.25, 0.3) is 0 Å². The van der Waals surface area contributed by atoms with E-state index in [1.54, 1.807) is 0 Å². The van der Waals surface area contributed by atoms with Gasteiger partial charge in [0.05, 0.1) is 5.54 Å². The summed E-state index contributed by atoms with van der Waals surface area (Å²) < 4.78 is 5.37. The van der Waals surface area contributed by atoms with Crippen LogP contribution in [0.5, 0.6) is 0 Å². The van der Waals surface area contributed by atoms with Crippen molar-refractivity contribution in [2.75, 3.05) is 26.3 Å². The first-order valence-electron chi connectivity index (χ1n) is 7.53. The minimum Gasteiger partial charge on any atom is -0.381 e. The highest BCUT2D eigenvalue weighted by atomic mass is 16.5. The molecule has 0 aliphatic carbocycles. The normalized spacial score (nSPS) is 26.1. The van der Waals surface area contributed by atoms with E-state index < -0.39 is 0 Å². The summed E-state index contributed by atoms with van der Waals surface area (Å²) in [6.45, 7) is 8.18. The summed E-state index contributed by atoms with van der Waals surface area (Å²) in [5.74, 6) is 1.01. The Morgan fingerprint density at radius 2 is 1.89 bits per heavy atom. The molecule has 18 heavy (non-hydrogen) atoms. The third-order valence-electron chi connectivity index (χ3n) is 4.91. The molecule has 0 aromatic heterocycles. The van der Waals surface area contributed by atoms with Gasteiger partial charge in [0.2, 0.25) is 0 Å². The van der Waals surface area contributed by atoms with Crippen molar-refractivity contribution in [3.63, 3.8) is 0 Å². The van der Waals surface area contributed by atoms with E-state index in [1.807, 2.05) is 0 Å². The number of ketones is 1. The molecule has 1 unspecified atom stereocenters. The average molecular weight is 253 g/mol. The van der Waals surface area contributed by atoms with Gasteiger partial charge in [-0.25, -0.2) is 0 Å². The molecule has 0 aromatic carbocycles. The molecule has 1 atom stereocenters. The smallest absolute Gasteiger partial charge is 0.153 e. The van der Waals surface area contributed by atoms with E-state index in [2.05, 4.69) is 18.7 Å². The van der Waals surface area contributed by atoms with Gasteiger partial charge in [-0.05, 0) is 58.0 Å². The molecule has 2 heterocycles. The van der Waals surface area contributed by atoms with E-state index in [0.717, 1.165) is 52.0 Å². The SMILES string of the molecule is CCC(C)(C(=O)CC1CCOCC1)N1CCCC1. The van der Waals surface area contributed by atoms with Gasteiger partial charge in [0.1, 0.15) is 0 Å². The third kappa shape index (κ3) is 2.94. The van der Waals surface area contributed by atoms with Crippen molar-refractivity contribution in [1.82, 2.24) is 4.90 Å². The molecule has 3 nitrogen and oxygen atoms in total. The second-order valence-electron chi connectivity index (χ2n) is 6.00. The Morgan fingerprint density at radius 3 is 2.44 bits per heavy atom. The van der Waals surface area contributed by atoms with Crippen molar-refractivity contribution in [3.8, 4) is 0 Å². The van der Waals surface area contributed by atoms with Crippen molar-refractivity contribution in [2.45, 2.75) is 57.9 Å². The molecule has 0 N–H and O–H groups in total. The van der Waals surface area contributed by atoms with Crippen molar-refractivity contribution in [2.24, 2.45) is 5.92 Å². The Bertz CT molecular complexity index is 280. The van der Waals surface area contributed by atoms with Crippen LogP contribution < -0.4 is 0 Å². The molecule has 0 amide bonds. The number of Topliss-reactive ketones (excluding diaryl/α,β-unsaturated/α-hetero) is 1. The zero-order chi connectivity index (χ0) is 13.0. The van der Waals surface area contributed by atoms with Crippen molar-refractivity contribution in [3.05, 3.63) is 0 Å². The fraction of sp³-hybridized carbons (Fsp3) is 0.933. The summed E-state index contributed by atoms with van der Waals surface area (Å²) >= 11 is 0. The highest BCUT2D eigenvalue weighted by Gasteiger charge is 2.39. The Labute approximate surface area is 111 Å². The molecule has 0 bridgehead atoms. The van der Waals surface area contributed by atoms with Crippen molar-refractivity contribution < 1.29 is 9.53 Å². The van der Waals surface area contributed by atoms with E-state index in [-0.39, 0.29) is 5.54 Å². The van der Waals surface area contributed by atoms with Crippen LogP contribution in [-0.2, 0) is 9.53 Å². The first kappa shape index (κ1) is 14.0. The van der Waals surface area contributed by atoms with Gasteiger partial charge in [-0.15, -0.1) is 0 Å². The lowest BCUT2D eigenvalue weighted by Crippen LogP contribution is -2.51. The van der Waals surface area contributed by atoms with Gasteiger partial charge < -0.3 is 4.74 Å². The van der Waals surface area contributed by atoms with Gasteiger partial charge in [0.15, 0.2) is 5.78 Å². The first-order chi connectivity index (χ1) is 8.66. The number of likely N-dealkylation sites (tertiary alicyclic amines) is 1. The lowest BCUT2D eigenvalue weighted by molar-refractivity contribution is -0.131. The summed E-state index contributed by atoms with van der Waals surface area (Å²) in [7, 11) is 0. The highest BCUT2D eigenvalue weighted by molar-refractivity contribution is 5.88. The Morgan fingerprint density at radius 1 is 1.28 bits per heavy atom. The monoisotopic (exact) mass is 253 g/mol. The van der Waals surface area contributed by atoms with E-state index in [1.165, 1.54) is 12.8 Å². The van der Waals surface area contributed by atoms with Crippen LogP contribution in [-0.4, -0.2) is 42.5 Å². The molecule has 2 aliphatic heterocycles. The Kier molecular flexibility index (Phi) is 4.79. The van der Waals surface area contributed by atoms with Crippen LogP contribution in [0, 0.1) is 5.92 Å². The van der Waals surface area contributed by atoms with Gasteiger partial charge in [-0.1, -0.05) is 6.92 Å². The first-order valence-corrected chi connectivity index (χ1v) is 7.53. The molecule has 0 aromatic rings. The predicted octanol–water partition coefficient (Wildman–Crippen LogP) is 2.64. The number of rotatable bonds is 5. The summed E-state index contributed by atoms with van der Waals surface area (Å²) in [5.41, 5.74) is -0.213. The second-order valence-corrected chi connectivity index (χ2v) is 6.00. The van der Waals surface area contributed by atoms with E-state index in [9.17, 15) is 4.79 Å². The highest BCUT2D eigenvalue weighted by Crippen LogP contribution is 2.29. The van der Waals surface area contributed by atoms with Crippen LogP contribution in [0.15, 0.2) is 0 Å². The summed E-state index contributed by atoms with van der Waals surface area (Å²) in [4.78, 5) is 15.1. The zero-order valence-electron chi connectivity index (χ0n) is 11.9. The van der Waals surface area contributed by atoms with Crippen molar-refractivity contribution in [1.29, 1.82) is 0 Å². The number of hydrogen-bond donors (Lipinski definition) is 0. The van der Waals surface area contributed by atoms with Gasteiger partial charge in [-0.3, -0.25) is 9.69 Å². The molecule has 2 fully saturated rings. The standard InChI is InChI=1S/C15H27NO2/c1-3-15(2,16-8-4-5-9-16)14(17)12-13-6-10-18-11-7-13/h13H,3-12H2,1-2H3. The van der Waals surface area contributed by atoms with Gasteiger partial charge in [0, 0.05) is 19.6 Å². The number of nitrogens with zero attached hydrogens (tertiary/aromatic N) is 1. The van der Waals surface area contributed by atoms with Crippen LogP contribution >= 0.6 is 0 Å². The Balaban J connectivity index is 1.95. The molecule has 2 rings (SSSR count). The maximum absolute atomic E-state index is 12.7. The fourth-order valence-corrected chi connectivity index (χ4v) is 3.24. The summed E-state index contributed by atoms with van der Waals surface area (Å²) in [6.07, 6.45) is 6.32. The number of carbonyl (C=O) groups excluding carboxylic acids is 1. The average Bonchev–Trinajstić information content (AvgIpc) is 2.93. The molecule has 104 valence electrons. The van der Waals surface area contributed by atoms with Gasteiger partial charge in [0.25, 0.3) is 0 Å². The quantitative estimate of drug-likeness (QED) is 0.754. The van der Waals surface area contributed by atoms with Crippen LogP contribution in [0.1, 0.15) is 52.4 Å². The van der Waals surface area contributed by atoms with E-state index in [4.69, 9.17) is 4.74 Å². The van der Waals surface area contributed by atoms with E-state index >= 15 is 0 Å². The van der Waals surface area contributed by atoms with Crippen molar-refractivity contribution >= 4 is 5.78 Å². The largest absolute Gasteiger partial charge is 0.381 e. The molecule has 0 saturated carbocycles. The molecule has 0 spiro atoms. The van der Waals surface area contributed by atoms with Gasteiger partial charge in [-0.2, -0.15) is 0 Å². The molecule has 2 aliphatic rings. The summed E-state index contributed by atoms with van der Waals surface area (Å²) in [6, 6.07) is 0. The topological polar surface area (TPSA) is 29.5 Å². The Hall–Kier alpha value is -0.410. The fourth-order valence-electron chi connectivity index (χ4n) is 3.24. The predicted molar refractivity (Wildman–Crippen MR) is 72.7 cm³/mol. The minimum atomic E-state index is -0.213. The number of ether oxygens (including phenoxy) is 1. The maximum Gasteiger partial charge on any atom is 0.153 e. The number of hydrogen-bond acceptors (Lipinski definition) is 3. The van der Waals surface area contributed by atoms with Crippen LogP contribution in [0.3, 0.4) is 0 Å². The van der Waals surface area contributed by atoms with Crippen LogP contribution in [0.2, 0.25) is 0 Å². The minimum absolute atomic E-state index is 0.213. The van der Waals surface area contributed by atoms with Crippen LogP contribution in [0.4, 0.5) is 0 Å². The number of carbonyl (C=O) groups is 1. The van der Waals surface area contributed by atoms with E-state index in [0.29, 0.717) is 11.7 Å². The lowest BCUT2D eigenvalue weighted by Gasteiger charge is -2.38. The molecular formula is C15H27NO2. The molecule has 2 saturated heterocycles.